The number of nitriles is 1. The highest BCUT2D eigenvalue weighted by Gasteiger charge is 2.23. The molecule has 3 heterocycles. The first kappa shape index (κ1) is 27.1. The number of hydrogen-bond donors (Lipinski definition) is 0. The lowest BCUT2D eigenvalue weighted by atomic mass is 9.97. The van der Waals surface area contributed by atoms with Gasteiger partial charge in [0.15, 0.2) is 5.69 Å². The molecule has 5 nitrogen and oxygen atoms in total. The van der Waals surface area contributed by atoms with Crippen LogP contribution in [-0.2, 0) is 0 Å². The second-order valence-corrected chi connectivity index (χ2v) is 12.3. The lowest BCUT2D eigenvalue weighted by Crippen LogP contribution is -2.01. The minimum Gasteiger partial charge on any atom is -0.456 e. The van der Waals surface area contributed by atoms with Gasteiger partial charge in [-0.3, -0.25) is 0 Å². The Morgan fingerprint density at radius 1 is 0.531 bits per heavy atom. The van der Waals surface area contributed by atoms with Crippen LogP contribution in [0.1, 0.15) is 5.56 Å². The van der Waals surface area contributed by atoms with Gasteiger partial charge in [-0.2, -0.15) is 5.26 Å². The summed E-state index contributed by atoms with van der Waals surface area (Å²) in [6.07, 6.45) is 0. The van der Waals surface area contributed by atoms with Crippen LogP contribution in [0.4, 0.5) is 5.69 Å². The Kier molecular flexibility index (Phi) is 5.64. The van der Waals surface area contributed by atoms with E-state index < -0.39 is 0 Å². The number of furan rings is 1. The Morgan fingerprint density at radius 3 is 1.78 bits per heavy atom. The highest BCUT2D eigenvalue weighted by molar-refractivity contribution is 6.18. The van der Waals surface area contributed by atoms with Gasteiger partial charge in [0.05, 0.1) is 39.9 Å². The maximum absolute atomic E-state index is 10.6. The van der Waals surface area contributed by atoms with Crippen LogP contribution >= 0.6 is 0 Å². The molecule has 49 heavy (non-hydrogen) atoms. The van der Waals surface area contributed by atoms with Crippen molar-refractivity contribution in [1.29, 1.82) is 5.26 Å². The lowest BCUT2D eigenvalue weighted by molar-refractivity contribution is 0.669. The van der Waals surface area contributed by atoms with E-state index in [1.165, 1.54) is 10.8 Å². The summed E-state index contributed by atoms with van der Waals surface area (Å²) in [5.41, 5.74) is 9.98. The van der Waals surface area contributed by atoms with Gasteiger partial charge in [0.1, 0.15) is 17.2 Å². The number of fused-ring (bicyclic) bond motifs is 9. The monoisotopic (exact) mass is 624 g/mol. The second kappa shape index (κ2) is 10.2. The molecule has 0 amide bonds. The highest BCUT2D eigenvalue weighted by Crippen LogP contribution is 2.44. The van der Waals surface area contributed by atoms with Gasteiger partial charge in [-0.25, -0.2) is 4.85 Å². The van der Waals surface area contributed by atoms with E-state index in [4.69, 9.17) is 11.0 Å². The third kappa shape index (κ3) is 3.79. The highest BCUT2D eigenvalue weighted by atomic mass is 16.3. The molecule has 0 bridgehead atoms. The molecule has 0 radical (unpaired) electrons. The van der Waals surface area contributed by atoms with Crippen molar-refractivity contribution >= 4 is 71.2 Å². The quantitative estimate of drug-likeness (QED) is 0.184. The summed E-state index contributed by atoms with van der Waals surface area (Å²) in [6.45, 7) is 8.23. The molecular weight excluding hydrogens is 601 g/mol. The topological polar surface area (TPSA) is 51.1 Å². The van der Waals surface area contributed by atoms with Crippen molar-refractivity contribution in [1.82, 2.24) is 9.13 Å². The predicted molar refractivity (Wildman–Crippen MR) is 199 cm³/mol. The zero-order chi connectivity index (χ0) is 32.6. The van der Waals surface area contributed by atoms with Gasteiger partial charge >= 0.3 is 0 Å². The fourth-order valence-electron chi connectivity index (χ4n) is 7.69. The first-order chi connectivity index (χ1) is 24.2. The van der Waals surface area contributed by atoms with Gasteiger partial charge in [0.25, 0.3) is 0 Å². The maximum Gasteiger partial charge on any atom is 0.197 e. The number of rotatable bonds is 3. The lowest BCUT2D eigenvalue weighted by Gasteiger charge is -2.18. The van der Waals surface area contributed by atoms with Crippen molar-refractivity contribution < 1.29 is 4.42 Å². The Hall–Kier alpha value is -7.08. The van der Waals surface area contributed by atoms with Crippen LogP contribution in [-0.4, -0.2) is 9.13 Å². The predicted octanol–water partition coefficient (Wildman–Crippen LogP) is 11.9. The molecule has 5 heteroatoms. The average molecular weight is 625 g/mol. The van der Waals surface area contributed by atoms with Gasteiger partial charge in [-0.15, -0.1) is 0 Å². The Balaban J connectivity index is 1.25. The van der Waals surface area contributed by atoms with Gasteiger partial charge in [0, 0.05) is 49.6 Å². The molecule has 0 aliphatic rings. The van der Waals surface area contributed by atoms with E-state index in [1.54, 1.807) is 12.1 Å². The summed E-state index contributed by atoms with van der Waals surface area (Å²) < 4.78 is 10.8. The minimum absolute atomic E-state index is 0.481. The van der Waals surface area contributed by atoms with E-state index >= 15 is 0 Å². The molecule has 7 aromatic carbocycles. The fraction of sp³-hybridized carbons (Fsp3) is 0. The zero-order valence-electron chi connectivity index (χ0n) is 26.1. The molecule has 0 atom stereocenters. The summed E-state index contributed by atoms with van der Waals surface area (Å²) in [7, 11) is 0. The Bertz CT molecular complexity index is 3020. The number of hydrogen-bond acceptors (Lipinski definition) is 2. The third-order valence-electron chi connectivity index (χ3n) is 9.79. The largest absolute Gasteiger partial charge is 0.456 e. The molecule has 0 unspecified atom stereocenters. The van der Waals surface area contributed by atoms with Crippen LogP contribution < -0.4 is 0 Å². The summed E-state index contributed by atoms with van der Waals surface area (Å²) >= 11 is 0. The van der Waals surface area contributed by atoms with E-state index in [0.717, 1.165) is 71.6 Å². The van der Waals surface area contributed by atoms with E-state index in [2.05, 4.69) is 123 Å². The molecule has 10 rings (SSSR count). The Labute approximate surface area is 280 Å². The van der Waals surface area contributed by atoms with Crippen LogP contribution in [0, 0.1) is 17.9 Å². The summed E-state index contributed by atoms with van der Waals surface area (Å²) in [4.78, 5) is 3.99. The number of benzene rings is 7. The Morgan fingerprint density at radius 2 is 1.12 bits per heavy atom. The fourth-order valence-corrected chi connectivity index (χ4v) is 7.69. The van der Waals surface area contributed by atoms with E-state index in [-0.39, 0.29) is 0 Å². The molecule has 0 spiro atoms. The van der Waals surface area contributed by atoms with Crippen LogP contribution in [0.5, 0.6) is 0 Å². The molecule has 10 aromatic rings. The number of para-hydroxylation sites is 4. The van der Waals surface area contributed by atoms with Gasteiger partial charge in [-0.05, 0) is 48.0 Å². The van der Waals surface area contributed by atoms with E-state index in [9.17, 15) is 5.26 Å². The molecular formula is C44H24N4O. The number of aromatic nitrogens is 2. The first-order valence-corrected chi connectivity index (χ1v) is 16.1. The van der Waals surface area contributed by atoms with Crippen molar-refractivity contribution in [2.24, 2.45) is 0 Å². The van der Waals surface area contributed by atoms with Crippen LogP contribution in [0.2, 0.25) is 0 Å². The summed E-state index contributed by atoms with van der Waals surface area (Å²) in [6, 6.07) is 51.8. The van der Waals surface area contributed by atoms with E-state index in [1.807, 2.05) is 30.3 Å². The normalized spacial score (nSPS) is 11.6. The van der Waals surface area contributed by atoms with Crippen molar-refractivity contribution in [2.45, 2.75) is 0 Å². The summed E-state index contributed by atoms with van der Waals surface area (Å²) in [5, 5.41) is 17.2. The minimum atomic E-state index is 0.481. The molecule has 0 fully saturated rings. The van der Waals surface area contributed by atoms with Gasteiger partial charge in [0.2, 0.25) is 0 Å². The van der Waals surface area contributed by atoms with Crippen molar-refractivity contribution in [2.75, 3.05) is 0 Å². The standard InChI is InChI=1S/C44H24N4O/c1-46-36-23-20-28(26-45)44(43(36)27-18-21-29(22-19-27)47-37-14-6-2-10-30(37)31-11-3-7-15-38(31)47)48-39-16-8-4-12-32(39)34-24-35-33-13-5-9-17-41(33)49-42(35)25-40(34)48/h2-25H. The van der Waals surface area contributed by atoms with Gasteiger partial charge in [-0.1, -0.05) is 97.1 Å². The molecule has 226 valence electrons. The SMILES string of the molecule is [C-]#[N+]c1ccc(C#N)c(-n2c3ccccc3c3cc4c(cc32)oc2ccccc24)c1-c1ccc(-n2c3ccccc3c3ccccc32)cc1. The van der Waals surface area contributed by atoms with Crippen LogP contribution in [0.25, 0.3) is 92.9 Å². The average Bonchev–Trinajstić information content (AvgIpc) is 3.80. The second-order valence-electron chi connectivity index (χ2n) is 12.3. The van der Waals surface area contributed by atoms with Crippen LogP contribution in [0.3, 0.4) is 0 Å². The zero-order valence-corrected chi connectivity index (χ0v) is 26.1. The molecule has 0 N–H and O–H groups in total. The summed E-state index contributed by atoms with van der Waals surface area (Å²) in [5.74, 6) is 0. The number of nitrogens with zero attached hydrogens (tertiary/aromatic N) is 4. The van der Waals surface area contributed by atoms with Crippen molar-refractivity contribution in [3.8, 4) is 28.6 Å². The van der Waals surface area contributed by atoms with Gasteiger partial charge < -0.3 is 13.6 Å². The van der Waals surface area contributed by atoms with Crippen LogP contribution in [0.15, 0.2) is 150 Å². The smallest absolute Gasteiger partial charge is 0.197 e. The molecule has 0 saturated heterocycles. The van der Waals surface area contributed by atoms with Crippen molar-refractivity contribution in [3.63, 3.8) is 0 Å². The van der Waals surface area contributed by atoms with Crippen molar-refractivity contribution in [3.05, 3.63) is 163 Å². The van der Waals surface area contributed by atoms with E-state index in [0.29, 0.717) is 16.9 Å². The first-order valence-electron chi connectivity index (χ1n) is 16.1. The molecule has 0 aliphatic heterocycles. The third-order valence-corrected chi connectivity index (χ3v) is 9.79. The maximum atomic E-state index is 10.6. The molecule has 3 aromatic heterocycles. The molecule has 0 aliphatic carbocycles. The molecule has 0 saturated carbocycles.